The number of carbonyl (C=O) groups is 1. The fourth-order valence-electron chi connectivity index (χ4n) is 1.85. The Hall–Kier alpha value is -0.550. The summed E-state index contributed by atoms with van der Waals surface area (Å²) in [5.41, 5.74) is 2.07. The van der Waals surface area contributed by atoms with Crippen molar-refractivity contribution in [1.29, 1.82) is 0 Å². The molecular formula is C10H13N2NaO2. The second kappa shape index (κ2) is 4.99. The Balaban J connectivity index is 0.00000112. The summed E-state index contributed by atoms with van der Waals surface area (Å²) in [7, 11) is 0. The van der Waals surface area contributed by atoms with Crippen LogP contribution in [-0.4, -0.2) is 17.6 Å². The molecule has 1 aromatic rings. The molecule has 1 aliphatic heterocycles. The molecule has 0 aromatic heterocycles. The third kappa shape index (κ3) is 2.34. The molecule has 0 unspecified atom stereocenters. The normalized spacial score (nSPS) is 14.1. The maximum Gasteiger partial charge on any atom is 1.00 e. The van der Waals surface area contributed by atoms with Crippen LogP contribution in [0.25, 0.3) is 0 Å². The number of carboxylic acid groups (broad SMARTS) is 1. The number of aromatic carboxylic acids is 1. The second-order valence-corrected chi connectivity index (χ2v) is 3.41. The largest absolute Gasteiger partial charge is 1.00 e. The van der Waals surface area contributed by atoms with Gasteiger partial charge in [-0.1, -0.05) is 6.07 Å². The van der Waals surface area contributed by atoms with E-state index in [2.05, 4.69) is 0 Å². The maximum atomic E-state index is 10.9. The van der Waals surface area contributed by atoms with Crippen molar-refractivity contribution in [1.82, 2.24) is 0 Å². The summed E-state index contributed by atoms with van der Waals surface area (Å²) in [6.45, 7) is 0.788. The van der Waals surface area contributed by atoms with E-state index < -0.39 is 5.97 Å². The van der Waals surface area contributed by atoms with Crippen LogP contribution in [0.2, 0.25) is 0 Å². The molecule has 1 aromatic carbocycles. The van der Waals surface area contributed by atoms with Crippen molar-refractivity contribution in [2.45, 2.75) is 12.8 Å². The van der Waals surface area contributed by atoms with Crippen molar-refractivity contribution in [3.63, 3.8) is 0 Å². The molecule has 1 aliphatic rings. The van der Waals surface area contributed by atoms with Crippen LogP contribution in [0.1, 0.15) is 23.8 Å². The van der Waals surface area contributed by atoms with Gasteiger partial charge in [-0.05, 0) is 30.5 Å². The molecule has 0 saturated carbocycles. The number of fused-ring (bicyclic) bond motifs is 1. The van der Waals surface area contributed by atoms with Gasteiger partial charge in [-0.15, -0.1) is 0 Å². The van der Waals surface area contributed by atoms with Gasteiger partial charge in [-0.2, -0.15) is 0 Å². The van der Waals surface area contributed by atoms with Gasteiger partial charge in [0.2, 0.25) is 0 Å². The number of nitrogens with zero attached hydrogens (tertiary/aromatic N) is 1. The molecule has 0 atom stereocenters. The van der Waals surface area contributed by atoms with Gasteiger partial charge in [0.1, 0.15) is 0 Å². The third-order valence-corrected chi connectivity index (χ3v) is 2.52. The third-order valence-electron chi connectivity index (χ3n) is 2.52. The summed E-state index contributed by atoms with van der Waals surface area (Å²) >= 11 is 0. The van der Waals surface area contributed by atoms with Crippen molar-refractivity contribution in [3.8, 4) is 0 Å². The zero-order valence-corrected chi connectivity index (χ0v) is 10.7. The molecule has 0 saturated heterocycles. The minimum absolute atomic E-state index is 0. The summed E-state index contributed by atoms with van der Waals surface area (Å²) < 4.78 is 0. The van der Waals surface area contributed by atoms with E-state index >= 15 is 0 Å². The van der Waals surface area contributed by atoms with Crippen LogP contribution in [0.5, 0.6) is 0 Å². The average molecular weight is 216 g/mol. The Kier molecular flexibility index (Phi) is 4.16. The van der Waals surface area contributed by atoms with E-state index in [4.69, 9.17) is 10.9 Å². The van der Waals surface area contributed by atoms with Crippen molar-refractivity contribution in [2.24, 2.45) is 5.84 Å². The molecule has 0 spiro atoms. The first-order valence-electron chi connectivity index (χ1n) is 4.57. The fraction of sp³-hybridized carbons (Fsp3) is 0.300. The van der Waals surface area contributed by atoms with Crippen molar-refractivity contribution in [2.75, 3.05) is 11.6 Å². The zero-order valence-electron chi connectivity index (χ0n) is 9.73. The van der Waals surface area contributed by atoms with E-state index in [1.807, 2.05) is 6.07 Å². The van der Waals surface area contributed by atoms with Gasteiger partial charge in [0, 0.05) is 6.54 Å². The fourth-order valence-corrected chi connectivity index (χ4v) is 1.85. The summed E-state index contributed by atoms with van der Waals surface area (Å²) in [5, 5.41) is 10.6. The van der Waals surface area contributed by atoms with Crippen LogP contribution in [0.3, 0.4) is 0 Å². The molecule has 15 heavy (non-hydrogen) atoms. The zero-order chi connectivity index (χ0) is 10.1. The molecule has 0 amide bonds. The predicted octanol–water partition coefficient (Wildman–Crippen LogP) is -1.87. The van der Waals surface area contributed by atoms with Gasteiger partial charge in [0.25, 0.3) is 0 Å². The number of carboxylic acids is 1. The first kappa shape index (κ1) is 12.5. The van der Waals surface area contributed by atoms with Gasteiger partial charge in [0.15, 0.2) is 0 Å². The molecular weight excluding hydrogens is 203 g/mol. The van der Waals surface area contributed by atoms with Crippen molar-refractivity contribution < 1.29 is 40.9 Å². The summed E-state index contributed by atoms with van der Waals surface area (Å²) in [4.78, 5) is 10.9. The van der Waals surface area contributed by atoms with Gasteiger partial charge in [-0.3, -0.25) is 0 Å². The Morgan fingerprint density at radius 1 is 1.53 bits per heavy atom. The molecule has 5 heteroatoms. The Morgan fingerprint density at radius 3 is 2.93 bits per heavy atom. The molecule has 4 nitrogen and oxygen atoms in total. The number of hydrogen-bond donors (Lipinski definition) is 2. The summed E-state index contributed by atoms with van der Waals surface area (Å²) in [6.07, 6.45) is 1.71. The summed E-state index contributed by atoms with van der Waals surface area (Å²) in [6, 6.07) is 5.22. The van der Waals surface area contributed by atoms with E-state index in [1.165, 1.54) is 0 Å². The van der Waals surface area contributed by atoms with Crippen LogP contribution < -0.4 is 40.4 Å². The van der Waals surface area contributed by atoms with Crippen molar-refractivity contribution >= 4 is 11.7 Å². The van der Waals surface area contributed by atoms with Crippen LogP contribution in [-0.2, 0) is 6.42 Å². The number of hydrogen-bond acceptors (Lipinski definition) is 3. The molecule has 2 rings (SSSR count). The molecule has 0 fully saturated rings. The van der Waals surface area contributed by atoms with E-state index in [0.29, 0.717) is 5.56 Å². The van der Waals surface area contributed by atoms with Crippen molar-refractivity contribution in [3.05, 3.63) is 29.3 Å². The second-order valence-electron chi connectivity index (χ2n) is 3.41. The molecule has 3 N–H and O–H groups in total. The SMILES string of the molecule is NN1CCCc2c(C(=O)O)cccc21.[H-].[Na+]. The van der Waals surface area contributed by atoms with Crippen LogP contribution in [0.15, 0.2) is 18.2 Å². The van der Waals surface area contributed by atoms with E-state index in [-0.39, 0.29) is 31.0 Å². The van der Waals surface area contributed by atoms with E-state index in [1.54, 1.807) is 17.1 Å². The van der Waals surface area contributed by atoms with Gasteiger partial charge >= 0.3 is 35.5 Å². The van der Waals surface area contributed by atoms with Gasteiger partial charge in [-0.25, -0.2) is 10.6 Å². The van der Waals surface area contributed by atoms with Gasteiger partial charge in [0.05, 0.1) is 11.3 Å². The smallest absolute Gasteiger partial charge is 1.00 e. The minimum atomic E-state index is -0.878. The topological polar surface area (TPSA) is 66.6 Å². The van der Waals surface area contributed by atoms with Crippen LogP contribution in [0.4, 0.5) is 5.69 Å². The number of hydrazine groups is 1. The number of benzene rings is 1. The molecule has 0 bridgehead atoms. The van der Waals surface area contributed by atoms with E-state index in [0.717, 1.165) is 30.6 Å². The summed E-state index contributed by atoms with van der Waals surface area (Å²) in [5.74, 6) is 4.88. The molecule has 0 aliphatic carbocycles. The number of anilines is 1. The molecule has 0 radical (unpaired) electrons. The molecule has 1 heterocycles. The monoisotopic (exact) mass is 216 g/mol. The Bertz CT molecular complexity index is 387. The number of rotatable bonds is 1. The quantitative estimate of drug-likeness (QED) is 0.426. The first-order valence-corrected chi connectivity index (χ1v) is 4.57. The Labute approximate surface area is 112 Å². The maximum absolute atomic E-state index is 10.9. The number of nitrogens with two attached hydrogens (primary N) is 1. The standard InChI is InChI=1S/C10H12N2O2.Na.H/c11-12-6-2-4-7-8(10(13)14)3-1-5-9(7)12;;/h1,3,5H,2,4,6,11H2,(H,13,14);;/q;+1;-1. The van der Waals surface area contributed by atoms with Gasteiger partial charge < -0.3 is 11.5 Å². The minimum Gasteiger partial charge on any atom is -1.00 e. The first-order chi connectivity index (χ1) is 6.70. The van der Waals surface area contributed by atoms with E-state index in [9.17, 15) is 4.79 Å². The van der Waals surface area contributed by atoms with Crippen LogP contribution in [0, 0.1) is 0 Å². The average Bonchev–Trinajstić information content (AvgIpc) is 2.17. The predicted molar refractivity (Wildman–Crippen MR) is 54.4 cm³/mol. The van der Waals surface area contributed by atoms with Crippen LogP contribution >= 0.6 is 0 Å². The molecule has 76 valence electrons. The Morgan fingerprint density at radius 2 is 2.27 bits per heavy atom.